The fourth-order valence-electron chi connectivity index (χ4n) is 2.11. The number of thiophene rings is 1. The molecule has 0 bridgehead atoms. The number of hydrogen-bond donors (Lipinski definition) is 1. The summed E-state index contributed by atoms with van der Waals surface area (Å²) in [5.74, 6) is -0.206. The molecule has 1 amide bonds. The van der Waals surface area contributed by atoms with E-state index in [9.17, 15) is 9.59 Å². The fraction of sp³-hybridized carbons (Fsp3) is 0.133. The number of aromatic nitrogens is 2. The molecule has 5 nitrogen and oxygen atoms in total. The molecule has 0 atom stereocenters. The van der Waals surface area contributed by atoms with E-state index in [2.05, 4.69) is 26.2 Å². The molecular formula is C15H12BrN3O2S. The van der Waals surface area contributed by atoms with Gasteiger partial charge < -0.3 is 5.32 Å². The van der Waals surface area contributed by atoms with E-state index in [-0.39, 0.29) is 18.0 Å². The minimum atomic E-state index is -0.285. The molecule has 3 rings (SSSR count). The Hall–Kier alpha value is -1.99. The summed E-state index contributed by atoms with van der Waals surface area (Å²) in [6.07, 6.45) is 1.24. The predicted octanol–water partition coefficient (Wildman–Crippen LogP) is 2.54. The molecule has 0 unspecified atom stereocenters. The summed E-state index contributed by atoms with van der Waals surface area (Å²) in [6, 6.07) is 11.1. The average Bonchev–Trinajstić information content (AvgIpc) is 2.94. The minimum absolute atomic E-state index is 0.0194. The van der Waals surface area contributed by atoms with Crippen LogP contribution in [0.15, 0.2) is 51.2 Å². The highest BCUT2D eigenvalue weighted by Crippen LogP contribution is 2.21. The molecular weight excluding hydrogens is 366 g/mol. The fourth-order valence-corrected chi connectivity index (χ4v) is 3.53. The molecule has 0 saturated heterocycles. The number of hydrogen-bond acceptors (Lipinski definition) is 4. The Morgan fingerprint density at radius 2 is 2.09 bits per heavy atom. The highest BCUT2D eigenvalue weighted by molar-refractivity contribution is 9.11. The van der Waals surface area contributed by atoms with Crippen molar-refractivity contribution in [2.45, 2.75) is 13.1 Å². The van der Waals surface area contributed by atoms with Gasteiger partial charge in [-0.3, -0.25) is 14.2 Å². The van der Waals surface area contributed by atoms with Crippen molar-refractivity contribution in [3.8, 4) is 0 Å². The summed E-state index contributed by atoms with van der Waals surface area (Å²) in [5, 5.41) is 2.82. The van der Waals surface area contributed by atoms with E-state index in [4.69, 9.17) is 0 Å². The summed E-state index contributed by atoms with van der Waals surface area (Å²) in [6.45, 7) is 0.432. The monoisotopic (exact) mass is 377 g/mol. The Bertz CT molecular complexity index is 888. The normalized spacial score (nSPS) is 10.8. The van der Waals surface area contributed by atoms with Crippen molar-refractivity contribution in [1.82, 2.24) is 14.9 Å². The summed E-state index contributed by atoms with van der Waals surface area (Å²) in [7, 11) is 0. The highest BCUT2D eigenvalue weighted by atomic mass is 79.9. The maximum atomic E-state index is 12.1. The molecule has 1 N–H and O–H groups in total. The van der Waals surface area contributed by atoms with Gasteiger partial charge in [-0.05, 0) is 40.2 Å². The van der Waals surface area contributed by atoms with E-state index in [0.29, 0.717) is 17.6 Å². The second kappa shape index (κ2) is 6.41. The molecule has 2 aromatic heterocycles. The van der Waals surface area contributed by atoms with Crippen LogP contribution in [0.1, 0.15) is 4.88 Å². The molecule has 112 valence electrons. The van der Waals surface area contributed by atoms with Crippen molar-refractivity contribution in [2.75, 3.05) is 0 Å². The Kier molecular flexibility index (Phi) is 4.35. The number of benzene rings is 1. The van der Waals surface area contributed by atoms with Crippen molar-refractivity contribution in [2.24, 2.45) is 0 Å². The molecule has 0 fully saturated rings. The second-order valence-corrected chi connectivity index (χ2v) is 7.20. The van der Waals surface area contributed by atoms with Gasteiger partial charge in [0.15, 0.2) is 0 Å². The minimum Gasteiger partial charge on any atom is -0.350 e. The van der Waals surface area contributed by atoms with Crippen LogP contribution in [-0.4, -0.2) is 15.5 Å². The van der Waals surface area contributed by atoms with Crippen LogP contribution in [0, 0.1) is 0 Å². The van der Waals surface area contributed by atoms with Crippen molar-refractivity contribution < 1.29 is 4.79 Å². The van der Waals surface area contributed by atoms with Crippen LogP contribution < -0.4 is 10.9 Å². The van der Waals surface area contributed by atoms with Crippen LogP contribution in [0.2, 0.25) is 0 Å². The molecule has 22 heavy (non-hydrogen) atoms. The van der Waals surface area contributed by atoms with Crippen LogP contribution in [-0.2, 0) is 17.9 Å². The van der Waals surface area contributed by atoms with Gasteiger partial charge in [0.1, 0.15) is 6.54 Å². The lowest BCUT2D eigenvalue weighted by molar-refractivity contribution is -0.121. The van der Waals surface area contributed by atoms with Gasteiger partial charge in [-0.1, -0.05) is 12.1 Å². The van der Waals surface area contributed by atoms with E-state index in [1.165, 1.54) is 10.8 Å². The summed E-state index contributed by atoms with van der Waals surface area (Å²) in [4.78, 5) is 29.2. The van der Waals surface area contributed by atoms with Gasteiger partial charge in [0.05, 0.1) is 27.6 Å². The van der Waals surface area contributed by atoms with Crippen LogP contribution in [0.4, 0.5) is 0 Å². The van der Waals surface area contributed by atoms with Crippen molar-refractivity contribution in [1.29, 1.82) is 0 Å². The van der Waals surface area contributed by atoms with Gasteiger partial charge in [-0.25, -0.2) is 4.98 Å². The first kappa shape index (κ1) is 14.9. The molecule has 0 aliphatic heterocycles. The lowest BCUT2D eigenvalue weighted by Gasteiger charge is -2.09. The molecule has 7 heteroatoms. The average molecular weight is 378 g/mol. The van der Waals surface area contributed by atoms with Crippen LogP contribution in [0.3, 0.4) is 0 Å². The molecule has 0 aliphatic carbocycles. The second-order valence-electron chi connectivity index (χ2n) is 4.65. The summed E-state index contributed by atoms with van der Waals surface area (Å²) in [5.41, 5.74) is 1.06. The van der Waals surface area contributed by atoms with Crippen molar-refractivity contribution >= 4 is 44.2 Å². The Morgan fingerprint density at radius 1 is 1.27 bits per heavy atom. The number of amides is 1. The summed E-state index contributed by atoms with van der Waals surface area (Å²) < 4.78 is 2.45. The van der Waals surface area contributed by atoms with Crippen LogP contribution in [0.5, 0.6) is 0 Å². The Balaban J connectivity index is 1.76. The third-order valence-corrected chi connectivity index (χ3v) is 4.77. The van der Waals surface area contributed by atoms with E-state index >= 15 is 0 Å². The van der Waals surface area contributed by atoms with Gasteiger partial charge in [-0.15, -0.1) is 11.3 Å². The van der Waals surface area contributed by atoms with Crippen molar-refractivity contribution in [3.63, 3.8) is 0 Å². The number of nitrogens with zero attached hydrogens (tertiary/aromatic N) is 2. The molecule has 3 aromatic rings. The number of carbonyl (C=O) groups is 1. The molecule has 1 aromatic carbocycles. The smallest absolute Gasteiger partial charge is 0.269 e. The van der Waals surface area contributed by atoms with E-state index in [1.807, 2.05) is 30.3 Å². The zero-order chi connectivity index (χ0) is 15.5. The quantitative estimate of drug-likeness (QED) is 0.759. The Labute approximate surface area is 138 Å². The first-order valence-corrected chi connectivity index (χ1v) is 8.20. The number of nitrogens with one attached hydrogen (secondary N) is 1. The zero-order valence-electron chi connectivity index (χ0n) is 11.5. The van der Waals surface area contributed by atoms with Gasteiger partial charge in [0.25, 0.3) is 5.56 Å². The molecule has 0 radical (unpaired) electrons. The zero-order valence-corrected chi connectivity index (χ0v) is 13.9. The van der Waals surface area contributed by atoms with Crippen molar-refractivity contribution in [3.05, 3.63) is 61.6 Å². The number of para-hydroxylation sites is 2. The molecule has 2 heterocycles. The van der Waals surface area contributed by atoms with Gasteiger partial charge >= 0.3 is 0 Å². The van der Waals surface area contributed by atoms with E-state index in [0.717, 1.165) is 8.66 Å². The lowest BCUT2D eigenvalue weighted by Crippen LogP contribution is -2.32. The first-order chi connectivity index (χ1) is 10.6. The SMILES string of the molecule is O=C(Cn1c(=O)cnc2ccccc21)NCc1ccc(Br)s1. The molecule has 0 saturated carbocycles. The number of halogens is 1. The molecule has 0 spiro atoms. The van der Waals surface area contributed by atoms with E-state index in [1.54, 1.807) is 17.4 Å². The molecule has 0 aliphatic rings. The number of rotatable bonds is 4. The topological polar surface area (TPSA) is 64.0 Å². The predicted molar refractivity (Wildman–Crippen MR) is 89.9 cm³/mol. The lowest BCUT2D eigenvalue weighted by atomic mass is 10.3. The van der Waals surface area contributed by atoms with Gasteiger partial charge in [0.2, 0.25) is 5.91 Å². The highest BCUT2D eigenvalue weighted by Gasteiger charge is 2.09. The summed E-state index contributed by atoms with van der Waals surface area (Å²) >= 11 is 4.95. The third-order valence-electron chi connectivity index (χ3n) is 3.14. The van der Waals surface area contributed by atoms with E-state index < -0.39 is 0 Å². The first-order valence-electron chi connectivity index (χ1n) is 6.59. The standard InChI is InChI=1S/C15H12BrN3O2S/c16-13-6-5-10(22-13)7-18-14(20)9-19-12-4-2-1-3-11(12)17-8-15(19)21/h1-6,8H,7,9H2,(H,18,20). The van der Waals surface area contributed by atoms with Gasteiger partial charge in [0, 0.05) is 4.88 Å². The Morgan fingerprint density at radius 3 is 2.86 bits per heavy atom. The number of carbonyl (C=O) groups excluding carboxylic acids is 1. The van der Waals surface area contributed by atoms with Crippen LogP contribution >= 0.6 is 27.3 Å². The maximum Gasteiger partial charge on any atom is 0.269 e. The maximum absolute atomic E-state index is 12.1. The largest absolute Gasteiger partial charge is 0.350 e. The van der Waals surface area contributed by atoms with Gasteiger partial charge in [-0.2, -0.15) is 0 Å². The third kappa shape index (κ3) is 3.26. The number of fused-ring (bicyclic) bond motifs is 1. The van der Waals surface area contributed by atoms with Crippen LogP contribution in [0.25, 0.3) is 11.0 Å².